The van der Waals surface area contributed by atoms with Gasteiger partial charge in [-0.05, 0) is 61.0 Å². The molecule has 29 heavy (non-hydrogen) atoms. The van der Waals surface area contributed by atoms with Crippen molar-refractivity contribution >= 4 is 46.7 Å². The van der Waals surface area contributed by atoms with Crippen LogP contribution in [0.2, 0.25) is 10.0 Å². The van der Waals surface area contributed by atoms with Gasteiger partial charge in [-0.25, -0.2) is 0 Å². The Morgan fingerprint density at radius 2 is 2.03 bits per heavy atom. The molecule has 0 aromatic heterocycles. The lowest BCUT2D eigenvalue weighted by molar-refractivity contribution is 0.282. The fraction of sp³-hybridized carbons (Fsp3) is 0.238. The molecule has 0 saturated heterocycles. The average molecular weight is 452 g/mol. The second-order valence-electron chi connectivity index (χ2n) is 5.97. The van der Waals surface area contributed by atoms with Crippen LogP contribution in [0.1, 0.15) is 23.6 Å². The average Bonchev–Trinajstić information content (AvgIpc) is 2.69. The number of nitrogens with zero attached hydrogens (tertiary/aromatic N) is 1. The molecule has 2 N–H and O–H groups in total. The number of ether oxygens (including phenoxy) is 2. The van der Waals surface area contributed by atoms with Crippen LogP contribution in [0, 0.1) is 0 Å². The zero-order chi connectivity index (χ0) is 21.2. The van der Waals surface area contributed by atoms with Crippen molar-refractivity contribution in [2.24, 2.45) is 5.10 Å². The Kier molecular flexibility index (Phi) is 9.25. The van der Waals surface area contributed by atoms with Gasteiger partial charge in [-0.15, -0.1) is 6.58 Å². The van der Waals surface area contributed by atoms with Crippen LogP contribution < -0.4 is 20.2 Å². The molecule has 0 heterocycles. The SMILES string of the molecule is C=CCc1cc(C=NNC(=S)NCC)cc(OC)c1OCc1ccc(Cl)c(Cl)c1. The Labute approximate surface area is 186 Å². The number of allylic oxidation sites excluding steroid dienone is 1. The first-order chi connectivity index (χ1) is 14.0. The van der Waals surface area contributed by atoms with Crippen molar-refractivity contribution < 1.29 is 9.47 Å². The number of hydrazone groups is 1. The highest BCUT2D eigenvalue weighted by Gasteiger charge is 2.13. The summed E-state index contributed by atoms with van der Waals surface area (Å²) in [6.07, 6.45) is 4.08. The molecular weight excluding hydrogens is 429 g/mol. The van der Waals surface area contributed by atoms with Crippen molar-refractivity contribution in [1.82, 2.24) is 10.7 Å². The highest BCUT2D eigenvalue weighted by atomic mass is 35.5. The smallest absolute Gasteiger partial charge is 0.186 e. The van der Waals surface area contributed by atoms with Gasteiger partial charge in [0, 0.05) is 12.1 Å². The minimum Gasteiger partial charge on any atom is -0.493 e. The van der Waals surface area contributed by atoms with E-state index in [9.17, 15) is 0 Å². The highest BCUT2D eigenvalue weighted by Crippen LogP contribution is 2.34. The molecule has 0 atom stereocenters. The summed E-state index contributed by atoms with van der Waals surface area (Å²) in [7, 11) is 1.60. The molecule has 0 fully saturated rings. The van der Waals surface area contributed by atoms with Crippen LogP contribution in [0.25, 0.3) is 0 Å². The van der Waals surface area contributed by atoms with E-state index in [4.69, 9.17) is 44.9 Å². The van der Waals surface area contributed by atoms with Gasteiger partial charge in [0.25, 0.3) is 0 Å². The first-order valence-corrected chi connectivity index (χ1v) is 10.1. The first-order valence-electron chi connectivity index (χ1n) is 8.93. The Balaban J connectivity index is 2.23. The molecule has 0 aliphatic heterocycles. The van der Waals surface area contributed by atoms with Crippen molar-refractivity contribution in [3.8, 4) is 11.5 Å². The van der Waals surface area contributed by atoms with Crippen LogP contribution in [0.15, 0.2) is 48.1 Å². The summed E-state index contributed by atoms with van der Waals surface area (Å²) in [4.78, 5) is 0. The fourth-order valence-electron chi connectivity index (χ4n) is 2.53. The van der Waals surface area contributed by atoms with Crippen molar-refractivity contribution in [2.45, 2.75) is 20.0 Å². The van der Waals surface area contributed by atoms with Gasteiger partial charge in [0.1, 0.15) is 6.61 Å². The van der Waals surface area contributed by atoms with E-state index >= 15 is 0 Å². The molecule has 0 amide bonds. The van der Waals surface area contributed by atoms with Crippen LogP contribution >= 0.6 is 35.4 Å². The van der Waals surface area contributed by atoms with Crippen molar-refractivity contribution in [3.63, 3.8) is 0 Å². The normalized spacial score (nSPS) is 10.6. The molecule has 0 aliphatic rings. The number of hydrogen-bond acceptors (Lipinski definition) is 4. The molecule has 5 nitrogen and oxygen atoms in total. The van der Waals surface area contributed by atoms with Gasteiger partial charge in [0.05, 0.1) is 23.4 Å². The zero-order valence-corrected chi connectivity index (χ0v) is 18.6. The molecule has 2 aromatic carbocycles. The van der Waals surface area contributed by atoms with E-state index in [0.717, 1.165) is 23.2 Å². The quantitative estimate of drug-likeness (QED) is 0.239. The third-order valence-electron chi connectivity index (χ3n) is 3.82. The van der Waals surface area contributed by atoms with Gasteiger partial charge in [-0.2, -0.15) is 5.10 Å². The molecule has 0 unspecified atom stereocenters. The van der Waals surface area contributed by atoms with Gasteiger partial charge in [0.15, 0.2) is 16.6 Å². The Morgan fingerprint density at radius 1 is 1.24 bits per heavy atom. The van der Waals surface area contributed by atoms with E-state index in [-0.39, 0.29) is 0 Å². The summed E-state index contributed by atoms with van der Waals surface area (Å²) in [6, 6.07) is 9.21. The van der Waals surface area contributed by atoms with Gasteiger partial charge in [-0.3, -0.25) is 5.43 Å². The monoisotopic (exact) mass is 451 g/mol. The number of halogens is 2. The molecule has 0 saturated carbocycles. The second kappa shape index (κ2) is 11.7. The molecule has 2 rings (SSSR count). The molecular formula is C21H23Cl2N3O2S. The lowest BCUT2D eigenvalue weighted by atomic mass is 10.1. The van der Waals surface area contributed by atoms with Crippen molar-refractivity contribution in [1.29, 1.82) is 0 Å². The van der Waals surface area contributed by atoms with Crippen LogP contribution in [-0.4, -0.2) is 25.0 Å². The highest BCUT2D eigenvalue weighted by molar-refractivity contribution is 7.80. The number of nitrogens with one attached hydrogen (secondary N) is 2. The molecule has 0 radical (unpaired) electrons. The summed E-state index contributed by atoms with van der Waals surface area (Å²) >= 11 is 17.2. The van der Waals surface area contributed by atoms with E-state index in [1.165, 1.54) is 0 Å². The van der Waals surface area contributed by atoms with E-state index < -0.39 is 0 Å². The van der Waals surface area contributed by atoms with E-state index in [1.807, 2.05) is 25.1 Å². The van der Waals surface area contributed by atoms with Gasteiger partial charge in [0.2, 0.25) is 0 Å². The van der Waals surface area contributed by atoms with E-state index in [2.05, 4.69) is 22.4 Å². The summed E-state index contributed by atoms with van der Waals surface area (Å²) in [5, 5.41) is 8.57. The summed E-state index contributed by atoms with van der Waals surface area (Å²) in [5.74, 6) is 1.24. The van der Waals surface area contributed by atoms with Gasteiger partial charge in [-0.1, -0.05) is 35.3 Å². The second-order valence-corrected chi connectivity index (χ2v) is 7.19. The standard InChI is InChI=1S/C21H23Cl2N3O2S/c1-4-6-16-9-15(12-25-26-21(29)24-5-2)11-19(27-3)20(16)28-13-14-7-8-17(22)18(23)10-14/h4,7-12H,1,5-6,13H2,2-3H3,(H2,24,26,29). The topological polar surface area (TPSA) is 54.9 Å². The number of hydrogen-bond donors (Lipinski definition) is 2. The number of rotatable bonds is 9. The zero-order valence-electron chi connectivity index (χ0n) is 16.3. The molecule has 8 heteroatoms. The summed E-state index contributed by atoms with van der Waals surface area (Å²) in [5.41, 5.74) is 5.43. The van der Waals surface area contributed by atoms with Crippen molar-refractivity contribution in [3.05, 3.63) is 69.7 Å². The Bertz CT molecular complexity index is 904. The maximum absolute atomic E-state index is 6.09. The Hall–Kier alpha value is -2.28. The number of benzene rings is 2. The predicted molar refractivity (Wildman–Crippen MR) is 125 cm³/mol. The van der Waals surface area contributed by atoms with Crippen LogP contribution in [-0.2, 0) is 13.0 Å². The third-order valence-corrected chi connectivity index (χ3v) is 4.80. The van der Waals surface area contributed by atoms with Crippen LogP contribution in [0.5, 0.6) is 11.5 Å². The maximum Gasteiger partial charge on any atom is 0.186 e. The number of thiocarbonyl (C=S) groups is 1. The maximum atomic E-state index is 6.09. The fourth-order valence-corrected chi connectivity index (χ4v) is 3.05. The number of methoxy groups -OCH3 is 1. The van der Waals surface area contributed by atoms with Crippen molar-refractivity contribution in [2.75, 3.05) is 13.7 Å². The molecule has 154 valence electrons. The van der Waals surface area contributed by atoms with Gasteiger partial charge < -0.3 is 14.8 Å². The van der Waals surface area contributed by atoms with Crippen LogP contribution in [0.3, 0.4) is 0 Å². The Morgan fingerprint density at radius 3 is 2.69 bits per heavy atom. The largest absolute Gasteiger partial charge is 0.493 e. The lowest BCUT2D eigenvalue weighted by Gasteiger charge is -2.16. The molecule has 0 bridgehead atoms. The first kappa shape index (κ1) is 23.0. The van der Waals surface area contributed by atoms with E-state index in [0.29, 0.717) is 39.7 Å². The minimum absolute atomic E-state index is 0.323. The third kappa shape index (κ3) is 6.92. The molecule has 2 aromatic rings. The predicted octanol–water partition coefficient (Wildman–Crippen LogP) is 5.13. The summed E-state index contributed by atoms with van der Waals surface area (Å²) < 4.78 is 11.6. The minimum atomic E-state index is 0.323. The van der Waals surface area contributed by atoms with E-state index in [1.54, 1.807) is 31.5 Å². The molecule has 0 spiro atoms. The lowest BCUT2D eigenvalue weighted by Crippen LogP contribution is -2.31. The van der Waals surface area contributed by atoms with Crippen LogP contribution in [0.4, 0.5) is 0 Å². The molecule has 0 aliphatic carbocycles. The summed E-state index contributed by atoms with van der Waals surface area (Å²) in [6.45, 7) is 6.84. The van der Waals surface area contributed by atoms with Gasteiger partial charge >= 0.3 is 0 Å².